The van der Waals surface area contributed by atoms with Crippen LogP contribution in [0.2, 0.25) is 0 Å². The average molecular weight is 305 g/mol. The standard InChI is InChI=1S/C17H25N2O3/c1-16(2,3)22-15(20)18-11-8-17(6-7-17)14(12-18)13-4-9-19(21)10-5-13/h4-5,9-10,14,21H,6-8,11-12H2,1-3H3/q+1. The molecule has 3 rings (SSSR count). The molecule has 0 bridgehead atoms. The molecule has 1 aromatic heterocycles. The Morgan fingerprint density at radius 2 is 1.95 bits per heavy atom. The minimum absolute atomic E-state index is 0.221. The van der Waals surface area contributed by atoms with Gasteiger partial charge in [0.05, 0.1) is 0 Å². The maximum atomic E-state index is 12.3. The number of likely N-dealkylation sites (tertiary alicyclic amines) is 1. The second-order valence-corrected chi connectivity index (χ2v) is 7.60. The van der Waals surface area contributed by atoms with Crippen molar-refractivity contribution in [2.24, 2.45) is 5.41 Å². The molecule has 2 fully saturated rings. The predicted molar refractivity (Wildman–Crippen MR) is 80.7 cm³/mol. The van der Waals surface area contributed by atoms with Gasteiger partial charge in [0.25, 0.3) is 0 Å². The Hall–Kier alpha value is -1.78. The van der Waals surface area contributed by atoms with E-state index in [2.05, 4.69) is 0 Å². The number of aromatic nitrogens is 1. The number of piperidine rings is 1. The summed E-state index contributed by atoms with van der Waals surface area (Å²) >= 11 is 0. The van der Waals surface area contributed by atoms with E-state index in [1.807, 2.05) is 37.8 Å². The lowest BCUT2D eigenvalue weighted by molar-refractivity contribution is -0.904. The number of carbonyl (C=O) groups is 1. The van der Waals surface area contributed by atoms with E-state index in [4.69, 9.17) is 4.74 Å². The fourth-order valence-corrected chi connectivity index (χ4v) is 3.41. The van der Waals surface area contributed by atoms with Crippen molar-refractivity contribution in [1.82, 2.24) is 4.90 Å². The normalized spacial score (nSPS) is 23.4. The molecule has 1 saturated carbocycles. The first kappa shape index (κ1) is 15.1. The SMILES string of the molecule is CC(C)(C)OC(=O)N1CCC2(CC2)C(c2cc[n+](O)cc2)C1. The Morgan fingerprint density at radius 3 is 2.50 bits per heavy atom. The quantitative estimate of drug-likeness (QED) is 0.641. The molecule has 0 radical (unpaired) electrons. The molecule has 1 unspecified atom stereocenters. The summed E-state index contributed by atoms with van der Waals surface area (Å²) in [6.07, 6.45) is 6.57. The first-order valence-electron chi connectivity index (χ1n) is 7.98. The van der Waals surface area contributed by atoms with Gasteiger partial charge in [-0.1, -0.05) is 0 Å². The number of amides is 1. The highest BCUT2D eigenvalue weighted by molar-refractivity contribution is 5.68. The number of hydrogen-bond donors (Lipinski definition) is 1. The van der Waals surface area contributed by atoms with Gasteiger partial charge in [-0.2, -0.15) is 0 Å². The van der Waals surface area contributed by atoms with Gasteiger partial charge in [0.2, 0.25) is 12.4 Å². The van der Waals surface area contributed by atoms with Gasteiger partial charge in [-0.25, -0.2) is 4.79 Å². The fraction of sp³-hybridized carbons (Fsp3) is 0.647. The van der Waals surface area contributed by atoms with Crippen LogP contribution in [0.4, 0.5) is 4.79 Å². The number of rotatable bonds is 1. The Labute approximate surface area is 131 Å². The summed E-state index contributed by atoms with van der Waals surface area (Å²) in [4.78, 5) is 14.2. The monoisotopic (exact) mass is 305 g/mol. The van der Waals surface area contributed by atoms with Crippen molar-refractivity contribution in [2.45, 2.75) is 51.6 Å². The molecular formula is C17H25N2O3+. The van der Waals surface area contributed by atoms with Crippen molar-refractivity contribution in [3.05, 3.63) is 30.1 Å². The largest absolute Gasteiger partial charge is 0.444 e. The zero-order valence-electron chi connectivity index (χ0n) is 13.6. The summed E-state index contributed by atoms with van der Waals surface area (Å²) in [5, 5.41) is 9.40. The van der Waals surface area contributed by atoms with E-state index < -0.39 is 5.60 Å². The van der Waals surface area contributed by atoms with E-state index >= 15 is 0 Å². The molecule has 2 aliphatic rings. The van der Waals surface area contributed by atoms with E-state index in [9.17, 15) is 10.0 Å². The van der Waals surface area contributed by atoms with Crippen molar-refractivity contribution >= 4 is 6.09 Å². The van der Waals surface area contributed by atoms with E-state index in [1.54, 1.807) is 12.4 Å². The molecule has 1 saturated heterocycles. The molecule has 1 N–H and O–H groups in total. The molecule has 1 aromatic rings. The van der Waals surface area contributed by atoms with Crippen molar-refractivity contribution in [1.29, 1.82) is 0 Å². The zero-order valence-corrected chi connectivity index (χ0v) is 13.6. The maximum absolute atomic E-state index is 12.3. The second kappa shape index (κ2) is 5.14. The first-order chi connectivity index (χ1) is 10.3. The number of nitrogens with zero attached hydrogens (tertiary/aromatic N) is 2. The Bertz CT molecular complexity index is 558. The van der Waals surface area contributed by atoms with E-state index in [0.29, 0.717) is 17.9 Å². The van der Waals surface area contributed by atoms with Gasteiger partial charge >= 0.3 is 6.09 Å². The summed E-state index contributed by atoms with van der Waals surface area (Å²) in [7, 11) is 0. The lowest BCUT2D eigenvalue weighted by atomic mass is 9.78. The van der Waals surface area contributed by atoms with Gasteiger partial charge in [0.1, 0.15) is 5.60 Å². The van der Waals surface area contributed by atoms with Crippen molar-refractivity contribution < 1.29 is 19.5 Å². The molecule has 1 aliphatic carbocycles. The Morgan fingerprint density at radius 1 is 1.32 bits per heavy atom. The summed E-state index contributed by atoms with van der Waals surface area (Å²) in [6, 6.07) is 3.90. The van der Waals surface area contributed by atoms with Crippen molar-refractivity contribution in [3.63, 3.8) is 0 Å². The molecule has 1 aliphatic heterocycles. The molecular weight excluding hydrogens is 280 g/mol. The van der Waals surface area contributed by atoms with Crippen LogP contribution in [0.3, 0.4) is 0 Å². The minimum Gasteiger partial charge on any atom is -0.444 e. The van der Waals surface area contributed by atoms with Crippen LogP contribution in [0.5, 0.6) is 0 Å². The maximum Gasteiger partial charge on any atom is 0.410 e. The lowest BCUT2D eigenvalue weighted by Gasteiger charge is -2.39. The van der Waals surface area contributed by atoms with Crippen molar-refractivity contribution in [3.8, 4) is 0 Å². The third-order valence-electron chi connectivity index (χ3n) is 4.81. The summed E-state index contributed by atoms with van der Waals surface area (Å²) in [6.45, 7) is 7.16. The second-order valence-electron chi connectivity index (χ2n) is 7.60. The van der Waals surface area contributed by atoms with Crippen molar-refractivity contribution in [2.75, 3.05) is 13.1 Å². The summed E-state index contributed by atoms with van der Waals surface area (Å²) < 4.78 is 6.57. The molecule has 120 valence electrons. The average Bonchev–Trinajstić information content (AvgIpc) is 3.19. The topological polar surface area (TPSA) is 53.7 Å². The van der Waals surface area contributed by atoms with E-state index in [1.165, 1.54) is 18.4 Å². The van der Waals surface area contributed by atoms with E-state index in [-0.39, 0.29) is 6.09 Å². The minimum atomic E-state index is -0.462. The molecule has 1 atom stereocenters. The van der Waals surface area contributed by atoms with E-state index in [0.717, 1.165) is 17.7 Å². The molecule has 0 aromatic carbocycles. The third kappa shape index (κ3) is 3.03. The molecule has 5 heteroatoms. The molecule has 1 spiro atoms. The number of ether oxygens (including phenoxy) is 1. The summed E-state index contributed by atoms with van der Waals surface area (Å²) in [5.41, 5.74) is 1.08. The van der Waals surface area contributed by atoms with Crippen LogP contribution in [0.25, 0.3) is 0 Å². The molecule has 2 heterocycles. The fourth-order valence-electron chi connectivity index (χ4n) is 3.41. The van der Waals surface area contributed by atoms with Gasteiger partial charge in [0.15, 0.2) is 0 Å². The predicted octanol–water partition coefficient (Wildman–Crippen LogP) is 2.72. The van der Waals surface area contributed by atoms with Crippen LogP contribution in [0.15, 0.2) is 24.5 Å². The molecule has 1 amide bonds. The number of carbonyl (C=O) groups excluding carboxylic acids is 1. The van der Waals surface area contributed by atoms with Crippen LogP contribution in [0.1, 0.15) is 51.5 Å². The first-order valence-corrected chi connectivity index (χ1v) is 7.98. The molecule has 22 heavy (non-hydrogen) atoms. The van der Waals surface area contributed by atoms with Crippen LogP contribution in [-0.2, 0) is 4.74 Å². The summed E-state index contributed by atoms with van der Waals surface area (Å²) in [5.74, 6) is 0.329. The van der Waals surface area contributed by atoms with Crippen LogP contribution in [-0.4, -0.2) is 34.9 Å². The number of hydrogen-bond acceptors (Lipinski definition) is 3. The Balaban J connectivity index is 1.76. The highest BCUT2D eigenvalue weighted by atomic mass is 16.6. The van der Waals surface area contributed by atoms with Crippen LogP contribution < -0.4 is 4.73 Å². The number of pyridine rings is 1. The third-order valence-corrected chi connectivity index (χ3v) is 4.81. The van der Waals surface area contributed by atoms with Gasteiger partial charge in [-0.05, 0) is 51.0 Å². The zero-order chi connectivity index (χ0) is 16.0. The highest BCUT2D eigenvalue weighted by Gasteiger charge is 2.53. The van der Waals surface area contributed by atoms with Crippen LogP contribution in [0, 0.1) is 5.41 Å². The van der Waals surface area contributed by atoms with Crippen LogP contribution >= 0.6 is 0 Å². The van der Waals surface area contributed by atoms with Gasteiger partial charge in [-0.15, -0.1) is 0 Å². The van der Waals surface area contributed by atoms with Gasteiger partial charge in [0, 0.05) is 35.9 Å². The van der Waals surface area contributed by atoms with Gasteiger partial charge in [-0.3, -0.25) is 5.21 Å². The molecule has 5 nitrogen and oxygen atoms in total. The van der Waals surface area contributed by atoms with Gasteiger partial charge < -0.3 is 9.64 Å². The lowest BCUT2D eigenvalue weighted by Crippen LogP contribution is -2.45. The smallest absolute Gasteiger partial charge is 0.410 e. The highest BCUT2D eigenvalue weighted by Crippen LogP contribution is 2.60. The Kier molecular flexibility index (Phi) is 3.54.